The van der Waals surface area contributed by atoms with Gasteiger partial charge in [-0.25, -0.2) is 9.18 Å². The summed E-state index contributed by atoms with van der Waals surface area (Å²) in [6.07, 6.45) is -6.25. The summed E-state index contributed by atoms with van der Waals surface area (Å²) in [5.74, 6) is -3.45. The Balaban J connectivity index is 2.69. The molecule has 0 spiro atoms. The van der Waals surface area contributed by atoms with Crippen LogP contribution in [0.25, 0.3) is 0 Å². The zero-order chi connectivity index (χ0) is 20.4. The molecule has 0 saturated carbocycles. The van der Waals surface area contributed by atoms with E-state index in [9.17, 15) is 27.2 Å². The molecule has 0 aliphatic heterocycles. The van der Waals surface area contributed by atoms with Crippen LogP contribution in [0.2, 0.25) is 0 Å². The molecular weight excluding hydrogens is 372 g/mol. The minimum Gasteiger partial charge on any atom is -0.449 e. The fourth-order valence-electron chi connectivity index (χ4n) is 2.23. The quantitative estimate of drug-likeness (QED) is 0.254. The van der Waals surface area contributed by atoms with Crippen molar-refractivity contribution in [2.75, 3.05) is 13.2 Å². The predicted molar refractivity (Wildman–Crippen MR) is 87.9 cm³/mol. The van der Waals surface area contributed by atoms with Gasteiger partial charge in [-0.1, -0.05) is 6.42 Å². The van der Waals surface area contributed by atoms with Gasteiger partial charge in [0, 0.05) is 26.2 Å². The number of carbonyl (C=O) groups excluding carboxylic acids is 2. The predicted octanol–water partition coefficient (Wildman–Crippen LogP) is 4.44. The standard InChI is InChI=1S/C18H22F4O5/c1-3-25-10-6-4-5-7-16(18(20,21)22)27-17(24)14-9-8-13(11-15(14)19)26-12(2)23/h8-9,11,16H,3-7,10H2,1-2H3/t16-/m1/s1. The lowest BCUT2D eigenvalue weighted by Crippen LogP contribution is -2.34. The molecule has 5 nitrogen and oxygen atoms in total. The highest BCUT2D eigenvalue weighted by Gasteiger charge is 2.42. The van der Waals surface area contributed by atoms with Crippen molar-refractivity contribution in [2.24, 2.45) is 0 Å². The second-order valence-electron chi connectivity index (χ2n) is 5.72. The second-order valence-corrected chi connectivity index (χ2v) is 5.72. The van der Waals surface area contributed by atoms with Crippen LogP contribution in [0.3, 0.4) is 0 Å². The summed E-state index contributed by atoms with van der Waals surface area (Å²) in [6.45, 7) is 3.90. The maximum absolute atomic E-state index is 13.9. The Morgan fingerprint density at radius 3 is 2.41 bits per heavy atom. The van der Waals surface area contributed by atoms with Gasteiger partial charge in [-0.05, 0) is 38.3 Å². The maximum atomic E-state index is 13.9. The number of benzene rings is 1. The van der Waals surface area contributed by atoms with E-state index in [-0.39, 0.29) is 12.2 Å². The fraction of sp³-hybridized carbons (Fsp3) is 0.556. The van der Waals surface area contributed by atoms with Crippen LogP contribution in [0.1, 0.15) is 49.9 Å². The molecule has 0 fully saturated rings. The van der Waals surface area contributed by atoms with Crippen molar-refractivity contribution in [3.05, 3.63) is 29.6 Å². The molecule has 0 aromatic heterocycles. The third-order valence-electron chi connectivity index (χ3n) is 3.50. The molecule has 1 aromatic rings. The first-order valence-electron chi connectivity index (χ1n) is 8.48. The highest BCUT2D eigenvalue weighted by molar-refractivity contribution is 5.90. The molecule has 1 rings (SSSR count). The average molecular weight is 394 g/mol. The number of ether oxygens (including phenoxy) is 3. The van der Waals surface area contributed by atoms with E-state index in [0.717, 1.165) is 25.1 Å². The van der Waals surface area contributed by atoms with Gasteiger partial charge in [0.2, 0.25) is 0 Å². The monoisotopic (exact) mass is 394 g/mol. The van der Waals surface area contributed by atoms with Crippen LogP contribution < -0.4 is 4.74 Å². The second kappa shape index (κ2) is 10.9. The van der Waals surface area contributed by atoms with Crippen LogP contribution in [-0.2, 0) is 14.3 Å². The number of hydrogen-bond acceptors (Lipinski definition) is 5. The molecule has 0 radical (unpaired) electrons. The number of halogens is 4. The number of unbranched alkanes of at least 4 members (excludes halogenated alkanes) is 2. The van der Waals surface area contributed by atoms with Crippen molar-refractivity contribution in [3.63, 3.8) is 0 Å². The lowest BCUT2D eigenvalue weighted by Gasteiger charge is -2.21. The van der Waals surface area contributed by atoms with Gasteiger partial charge in [-0.2, -0.15) is 13.2 Å². The summed E-state index contributed by atoms with van der Waals surface area (Å²) < 4.78 is 67.4. The van der Waals surface area contributed by atoms with E-state index in [1.165, 1.54) is 0 Å². The van der Waals surface area contributed by atoms with Gasteiger partial charge in [-0.3, -0.25) is 4.79 Å². The average Bonchev–Trinajstić information content (AvgIpc) is 2.55. The molecule has 1 aromatic carbocycles. The SMILES string of the molecule is CCOCCCCC[C@@H](OC(=O)c1ccc(OC(C)=O)cc1F)C(F)(F)F. The molecule has 27 heavy (non-hydrogen) atoms. The first-order chi connectivity index (χ1) is 12.6. The van der Waals surface area contributed by atoms with Gasteiger partial charge in [-0.15, -0.1) is 0 Å². The zero-order valence-electron chi connectivity index (χ0n) is 15.1. The highest BCUT2D eigenvalue weighted by Crippen LogP contribution is 2.28. The number of alkyl halides is 3. The fourth-order valence-corrected chi connectivity index (χ4v) is 2.23. The van der Waals surface area contributed by atoms with Gasteiger partial charge < -0.3 is 14.2 Å². The Morgan fingerprint density at radius 1 is 1.15 bits per heavy atom. The van der Waals surface area contributed by atoms with Crippen LogP contribution in [0, 0.1) is 5.82 Å². The summed E-state index contributed by atoms with van der Waals surface area (Å²) >= 11 is 0. The minimum absolute atomic E-state index is 0.168. The third-order valence-corrected chi connectivity index (χ3v) is 3.50. The smallest absolute Gasteiger partial charge is 0.425 e. The molecule has 0 unspecified atom stereocenters. The zero-order valence-corrected chi connectivity index (χ0v) is 15.1. The molecule has 0 aliphatic rings. The Bertz CT molecular complexity index is 631. The van der Waals surface area contributed by atoms with Gasteiger partial charge in [0.05, 0.1) is 5.56 Å². The van der Waals surface area contributed by atoms with Crippen LogP contribution >= 0.6 is 0 Å². The summed E-state index contributed by atoms with van der Waals surface area (Å²) in [7, 11) is 0. The van der Waals surface area contributed by atoms with Crippen LogP contribution in [0.5, 0.6) is 5.75 Å². The molecular formula is C18H22F4O5. The Morgan fingerprint density at radius 2 is 1.85 bits per heavy atom. The molecule has 0 bridgehead atoms. The summed E-state index contributed by atoms with van der Waals surface area (Å²) in [5, 5.41) is 0. The lowest BCUT2D eigenvalue weighted by molar-refractivity contribution is -0.206. The normalized spacial score (nSPS) is 12.5. The van der Waals surface area contributed by atoms with E-state index in [4.69, 9.17) is 4.74 Å². The summed E-state index contributed by atoms with van der Waals surface area (Å²) in [6, 6.07) is 2.73. The lowest BCUT2D eigenvalue weighted by atomic mass is 10.1. The molecule has 0 N–H and O–H groups in total. The van der Waals surface area contributed by atoms with E-state index in [1.54, 1.807) is 0 Å². The van der Waals surface area contributed by atoms with Crippen molar-refractivity contribution in [3.8, 4) is 5.75 Å². The van der Waals surface area contributed by atoms with E-state index in [0.29, 0.717) is 26.1 Å². The Labute approximate surface area is 154 Å². The highest BCUT2D eigenvalue weighted by atomic mass is 19.4. The van der Waals surface area contributed by atoms with Crippen LogP contribution in [0.4, 0.5) is 17.6 Å². The van der Waals surface area contributed by atoms with E-state index < -0.39 is 42.0 Å². The van der Waals surface area contributed by atoms with E-state index >= 15 is 0 Å². The first-order valence-corrected chi connectivity index (χ1v) is 8.48. The molecule has 9 heteroatoms. The molecule has 0 amide bonds. The Kier molecular flexibility index (Phi) is 9.20. The molecule has 152 valence electrons. The number of carbonyl (C=O) groups is 2. The molecule has 0 aliphatic carbocycles. The molecule has 0 saturated heterocycles. The molecule has 0 heterocycles. The third kappa shape index (κ3) is 8.38. The van der Waals surface area contributed by atoms with Gasteiger partial charge in [0.15, 0.2) is 6.10 Å². The van der Waals surface area contributed by atoms with Crippen LogP contribution in [0.15, 0.2) is 18.2 Å². The van der Waals surface area contributed by atoms with Gasteiger partial charge in [0.1, 0.15) is 11.6 Å². The number of rotatable bonds is 10. The number of esters is 2. The van der Waals surface area contributed by atoms with E-state index in [1.807, 2.05) is 6.92 Å². The molecule has 1 atom stereocenters. The van der Waals surface area contributed by atoms with Gasteiger partial charge in [0.25, 0.3) is 0 Å². The van der Waals surface area contributed by atoms with Crippen LogP contribution in [-0.4, -0.2) is 37.4 Å². The van der Waals surface area contributed by atoms with Gasteiger partial charge >= 0.3 is 18.1 Å². The van der Waals surface area contributed by atoms with Crippen molar-refractivity contribution in [1.82, 2.24) is 0 Å². The van der Waals surface area contributed by atoms with Crippen molar-refractivity contribution >= 4 is 11.9 Å². The van der Waals surface area contributed by atoms with E-state index in [2.05, 4.69) is 9.47 Å². The van der Waals surface area contributed by atoms with Crippen molar-refractivity contribution < 1.29 is 41.4 Å². The number of hydrogen-bond donors (Lipinski definition) is 0. The van der Waals surface area contributed by atoms with Crippen molar-refractivity contribution in [2.45, 2.75) is 51.8 Å². The largest absolute Gasteiger partial charge is 0.449 e. The van der Waals surface area contributed by atoms with Crippen molar-refractivity contribution in [1.29, 1.82) is 0 Å². The first kappa shape index (κ1) is 22.9. The maximum Gasteiger partial charge on any atom is 0.425 e. The topological polar surface area (TPSA) is 61.8 Å². The summed E-state index contributed by atoms with van der Waals surface area (Å²) in [5.41, 5.74) is -0.670. The summed E-state index contributed by atoms with van der Waals surface area (Å²) in [4.78, 5) is 22.8. The minimum atomic E-state index is -4.76. The Hall–Kier alpha value is -2.16.